The van der Waals surface area contributed by atoms with Gasteiger partial charge >= 0.3 is 0 Å². The molecule has 1 heterocycles. The molecule has 0 atom stereocenters. The SMILES string of the molecule is N#CNC=Nc1ccc(-c2cnc[nH]2)cc1Br. The lowest BCUT2D eigenvalue weighted by Crippen LogP contribution is -1.98. The minimum Gasteiger partial charge on any atom is -0.345 e. The summed E-state index contributed by atoms with van der Waals surface area (Å²) in [6.45, 7) is 0. The Morgan fingerprint density at radius 2 is 2.41 bits per heavy atom. The van der Waals surface area contributed by atoms with Crippen LogP contribution < -0.4 is 5.32 Å². The number of H-pyrrole nitrogens is 1. The van der Waals surface area contributed by atoms with Crippen molar-refractivity contribution in [1.82, 2.24) is 15.3 Å². The maximum Gasteiger partial charge on any atom is 0.182 e. The number of nitrogens with zero attached hydrogens (tertiary/aromatic N) is 3. The molecule has 2 rings (SSSR count). The van der Waals surface area contributed by atoms with E-state index in [0.29, 0.717) is 0 Å². The van der Waals surface area contributed by atoms with Gasteiger partial charge in [-0.25, -0.2) is 9.98 Å². The largest absolute Gasteiger partial charge is 0.345 e. The number of benzene rings is 1. The van der Waals surface area contributed by atoms with E-state index in [0.717, 1.165) is 21.4 Å². The Kier molecular flexibility index (Phi) is 3.52. The molecule has 6 heteroatoms. The number of imidazole rings is 1. The van der Waals surface area contributed by atoms with Gasteiger partial charge in [-0.1, -0.05) is 6.07 Å². The summed E-state index contributed by atoms with van der Waals surface area (Å²) >= 11 is 3.43. The van der Waals surface area contributed by atoms with E-state index in [4.69, 9.17) is 5.26 Å². The van der Waals surface area contributed by atoms with Crippen molar-refractivity contribution < 1.29 is 0 Å². The quantitative estimate of drug-likeness (QED) is 0.395. The molecule has 0 spiro atoms. The highest BCUT2D eigenvalue weighted by atomic mass is 79.9. The van der Waals surface area contributed by atoms with E-state index in [1.165, 1.54) is 6.34 Å². The van der Waals surface area contributed by atoms with E-state index in [1.807, 2.05) is 18.2 Å². The van der Waals surface area contributed by atoms with Gasteiger partial charge in [-0.05, 0) is 28.1 Å². The van der Waals surface area contributed by atoms with Gasteiger partial charge in [0.15, 0.2) is 6.19 Å². The molecule has 0 saturated heterocycles. The number of aromatic nitrogens is 2. The van der Waals surface area contributed by atoms with Crippen LogP contribution in [0.2, 0.25) is 0 Å². The zero-order chi connectivity index (χ0) is 12.1. The summed E-state index contributed by atoms with van der Waals surface area (Å²) < 4.78 is 0.848. The number of rotatable bonds is 3. The third-order valence-corrected chi connectivity index (χ3v) is 2.72. The second kappa shape index (κ2) is 5.27. The average molecular weight is 290 g/mol. The zero-order valence-electron chi connectivity index (χ0n) is 8.68. The molecule has 84 valence electrons. The topological polar surface area (TPSA) is 76.9 Å². The van der Waals surface area contributed by atoms with E-state index in [1.54, 1.807) is 18.7 Å². The first kappa shape index (κ1) is 11.4. The van der Waals surface area contributed by atoms with E-state index >= 15 is 0 Å². The van der Waals surface area contributed by atoms with Crippen molar-refractivity contribution in [2.75, 3.05) is 0 Å². The predicted octanol–water partition coefficient (Wildman–Crippen LogP) is 2.57. The summed E-state index contributed by atoms with van der Waals surface area (Å²) in [5.41, 5.74) is 2.70. The van der Waals surface area contributed by atoms with Crippen molar-refractivity contribution in [3.8, 4) is 17.5 Å². The summed E-state index contributed by atoms with van der Waals surface area (Å²) in [7, 11) is 0. The normalized spacial score (nSPS) is 10.4. The number of hydrogen-bond acceptors (Lipinski definition) is 3. The van der Waals surface area contributed by atoms with Crippen LogP contribution in [0.15, 0.2) is 40.2 Å². The number of nitriles is 1. The van der Waals surface area contributed by atoms with Gasteiger partial charge in [0.05, 0.1) is 23.9 Å². The minimum absolute atomic E-state index is 0.746. The Hall–Kier alpha value is -2.13. The second-order valence-electron chi connectivity index (χ2n) is 3.15. The highest BCUT2D eigenvalue weighted by molar-refractivity contribution is 9.10. The summed E-state index contributed by atoms with van der Waals surface area (Å²) in [6, 6.07) is 5.72. The van der Waals surface area contributed by atoms with Gasteiger partial charge in [-0.3, -0.25) is 5.32 Å². The van der Waals surface area contributed by atoms with Crippen molar-refractivity contribution in [3.63, 3.8) is 0 Å². The third kappa shape index (κ3) is 2.71. The van der Waals surface area contributed by atoms with E-state index in [2.05, 4.69) is 36.2 Å². The van der Waals surface area contributed by atoms with Gasteiger partial charge in [0.25, 0.3) is 0 Å². The molecular formula is C11H8BrN5. The van der Waals surface area contributed by atoms with Crippen LogP contribution in [0, 0.1) is 11.5 Å². The molecule has 0 fully saturated rings. The molecule has 1 aromatic carbocycles. The minimum atomic E-state index is 0.746. The molecule has 17 heavy (non-hydrogen) atoms. The molecule has 2 aromatic rings. The van der Waals surface area contributed by atoms with Crippen molar-refractivity contribution >= 4 is 28.0 Å². The fourth-order valence-electron chi connectivity index (χ4n) is 1.32. The molecule has 0 aliphatic carbocycles. The molecule has 2 N–H and O–H groups in total. The van der Waals surface area contributed by atoms with Gasteiger partial charge in [-0.2, -0.15) is 5.26 Å². The summed E-state index contributed by atoms with van der Waals surface area (Å²) in [5.74, 6) is 0. The molecular weight excluding hydrogens is 282 g/mol. The maximum atomic E-state index is 8.31. The van der Waals surface area contributed by atoms with Crippen molar-refractivity contribution in [2.24, 2.45) is 4.99 Å². The lowest BCUT2D eigenvalue weighted by Gasteiger charge is -2.01. The van der Waals surface area contributed by atoms with Crippen LogP contribution in [0.5, 0.6) is 0 Å². The van der Waals surface area contributed by atoms with Crippen LogP contribution >= 0.6 is 15.9 Å². The number of aliphatic imine (C=N–C) groups is 1. The molecule has 0 aliphatic heterocycles. The lowest BCUT2D eigenvalue weighted by atomic mass is 10.1. The first-order valence-electron chi connectivity index (χ1n) is 4.76. The van der Waals surface area contributed by atoms with Gasteiger partial charge in [0.2, 0.25) is 0 Å². The molecule has 1 aromatic heterocycles. The Balaban J connectivity index is 2.27. The van der Waals surface area contributed by atoms with Gasteiger partial charge in [-0.15, -0.1) is 0 Å². The maximum absolute atomic E-state index is 8.31. The molecule has 5 nitrogen and oxygen atoms in total. The number of nitrogens with one attached hydrogen (secondary N) is 2. The molecule has 0 unspecified atom stereocenters. The fraction of sp³-hybridized carbons (Fsp3) is 0. The standard InChI is InChI=1S/C11H8BrN5/c12-9-3-8(11-4-14-6-17-11)1-2-10(9)16-7-15-5-13/h1-4,6-7H,(H,14,17)(H,15,16). The van der Waals surface area contributed by atoms with Crippen LogP contribution in [0.25, 0.3) is 11.3 Å². The van der Waals surface area contributed by atoms with Gasteiger partial charge in [0, 0.05) is 10.0 Å². The Bertz CT molecular complexity index is 568. The van der Waals surface area contributed by atoms with E-state index in [9.17, 15) is 0 Å². The molecule has 0 amide bonds. The highest BCUT2D eigenvalue weighted by Gasteiger charge is 2.02. The lowest BCUT2D eigenvalue weighted by molar-refractivity contribution is 1.29. The van der Waals surface area contributed by atoms with Crippen LogP contribution in [0.1, 0.15) is 0 Å². The van der Waals surface area contributed by atoms with Crippen molar-refractivity contribution in [1.29, 1.82) is 5.26 Å². The number of halogens is 1. The zero-order valence-corrected chi connectivity index (χ0v) is 10.3. The molecule has 0 radical (unpaired) electrons. The van der Waals surface area contributed by atoms with E-state index in [-0.39, 0.29) is 0 Å². The Morgan fingerprint density at radius 3 is 3.06 bits per heavy atom. The van der Waals surface area contributed by atoms with Crippen LogP contribution in [-0.4, -0.2) is 16.3 Å². The first-order valence-corrected chi connectivity index (χ1v) is 5.56. The monoisotopic (exact) mass is 289 g/mol. The molecule has 0 aliphatic rings. The Labute approximate surface area is 106 Å². The summed E-state index contributed by atoms with van der Waals surface area (Å²) in [4.78, 5) is 11.1. The third-order valence-electron chi connectivity index (χ3n) is 2.09. The summed E-state index contributed by atoms with van der Waals surface area (Å²) in [5, 5.41) is 10.7. The van der Waals surface area contributed by atoms with Crippen molar-refractivity contribution in [3.05, 3.63) is 35.2 Å². The average Bonchev–Trinajstić information content (AvgIpc) is 2.85. The van der Waals surface area contributed by atoms with Gasteiger partial charge in [0.1, 0.15) is 6.34 Å². The van der Waals surface area contributed by atoms with E-state index < -0.39 is 0 Å². The number of aromatic amines is 1. The smallest absolute Gasteiger partial charge is 0.182 e. The first-order chi connectivity index (χ1) is 8.31. The molecule has 0 saturated carbocycles. The second-order valence-corrected chi connectivity index (χ2v) is 4.00. The molecule has 0 bridgehead atoms. The summed E-state index contributed by atoms with van der Waals surface area (Å²) in [6.07, 6.45) is 6.49. The number of hydrogen-bond donors (Lipinski definition) is 2. The predicted molar refractivity (Wildman–Crippen MR) is 68.6 cm³/mol. The highest BCUT2D eigenvalue weighted by Crippen LogP contribution is 2.29. The van der Waals surface area contributed by atoms with Crippen LogP contribution in [0.4, 0.5) is 5.69 Å². The van der Waals surface area contributed by atoms with Gasteiger partial charge < -0.3 is 4.98 Å². The Morgan fingerprint density at radius 1 is 1.53 bits per heavy atom. The van der Waals surface area contributed by atoms with Crippen LogP contribution in [-0.2, 0) is 0 Å². The van der Waals surface area contributed by atoms with Crippen LogP contribution in [0.3, 0.4) is 0 Å². The fourth-order valence-corrected chi connectivity index (χ4v) is 1.80. The van der Waals surface area contributed by atoms with Crippen molar-refractivity contribution in [2.45, 2.75) is 0 Å².